The van der Waals surface area contributed by atoms with Crippen molar-refractivity contribution in [3.05, 3.63) is 53.6 Å². The highest BCUT2D eigenvalue weighted by atomic mass is 32.2. The number of fused-ring (bicyclic) bond motifs is 2. The van der Waals surface area contributed by atoms with Crippen LogP contribution in [0.25, 0.3) is 0 Å². The molecular weight excluding hydrogens is 420 g/mol. The molecule has 0 saturated heterocycles. The summed E-state index contributed by atoms with van der Waals surface area (Å²) in [5, 5.41) is 12.3. The average Bonchev–Trinajstić information content (AvgIpc) is 2.80. The molecular formula is C22H28N2O4S2. The number of para-hydroxylation sites is 1. The van der Waals surface area contributed by atoms with Crippen LogP contribution in [-0.4, -0.2) is 39.3 Å². The third-order valence-corrected chi connectivity index (χ3v) is 7.98. The van der Waals surface area contributed by atoms with Crippen molar-refractivity contribution in [2.75, 3.05) is 24.2 Å². The standard InChI is InChI=1S/C22H28N2O4S2/c1-24-19-10-7-6-9-17(19)22(23-14-8-4-3-5-11-21(25)26)18-13-12-16(29-2)15-20(18)30(24,27)28/h6-7,9-10,12-13,15,22-23H,3-5,8,11,14H2,1-2H3,(H,25,26). The molecule has 8 heteroatoms. The summed E-state index contributed by atoms with van der Waals surface area (Å²) >= 11 is 1.52. The van der Waals surface area contributed by atoms with Gasteiger partial charge in [-0.1, -0.05) is 37.1 Å². The van der Waals surface area contributed by atoms with Crippen LogP contribution in [-0.2, 0) is 14.8 Å². The van der Waals surface area contributed by atoms with Crippen LogP contribution >= 0.6 is 11.8 Å². The molecule has 2 aromatic rings. The summed E-state index contributed by atoms with van der Waals surface area (Å²) in [6.07, 6.45) is 5.54. The molecule has 3 rings (SSSR count). The fraction of sp³-hybridized carbons (Fsp3) is 0.409. The van der Waals surface area contributed by atoms with Gasteiger partial charge < -0.3 is 10.4 Å². The lowest BCUT2D eigenvalue weighted by Crippen LogP contribution is -2.26. The first-order valence-electron chi connectivity index (χ1n) is 10.1. The number of aliphatic carboxylic acids is 1. The lowest BCUT2D eigenvalue weighted by molar-refractivity contribution is -0.137. The third-order valence-electron chi connectivity index (χ3n) is 5.42. The summed E-state index contributed by atoms with van der Waals surface area (Å²) in [5.41, 5.74) is 2.37. The summed E-state index contributed by atoms with van der Waals surface area (Å²) in [5.74, 6) is -0.755. The van der Waals surface area contributed by atoms with Gasteiger partial charge in [-0.3, -0.25) is 9.10 Å². The van der Waals surface area contributed by atoms with Crippen molar-refractivity contribution < 1.29 is 18.3 Å². The lowest BCUT2D eigenvalue weighted by Gasteiger charge is -2.22. The minimum Gasteiger partial charge on any atom is -0.481 e. The predicted molar refractivity (Wildman–Crippen MR) is 121 cm³/mol. The molecule has 2 N–H and O–H groups in total. The molecule has 1 aliphatic rings. The number of nitrogens with one attached hydrogen (secondary N) is 1. The topological polar surface area (TPSA) is 86.7 Å². The maximum absolute atomic E-state index is 13.3. The Bertz CT molecular complexity index is 1010. The van der Waals surface area contributed by atoms with Gasteiger partial charge in [-0.25, -0.2) is 8.42 Å². The van der Waals surface area contributed by atoms with E-state index in [2.05, 4.69) is 5.32 Å². The second kappa shape index (κ2) is 9.85. The van der Waals surface area contributed by atoms with E-state index in [1.165, 1.54) is 16.1 Å². The highest BCUT2D eigenvalue weighted by Gasteiger charge is 2.34. The minimum atomic E-state index is -3.66. The minimum absolute atomic E-state index is 0.207. The second-order valence-corrected chi connectivity index (χ2v) is 10.2. The zero-order chi connectivity index (χ0) is 21.7. The monoisotopic (exact) mass is 448 g/mol. The van der Waals surface area contributed by atoms with Gasteiger partial charge in [0, 0.05) is 18.4 Å². The van der Waals surface area contributed by atoms with Gasteiger partial charge in [0.2, 0.25) is 0 Å². The van der Waals surface area contributed by atoms with Crippen molar-refractivity contribution in [1.82, 2.24) is 5.32 Å². The van der Waals surface area contributed by atoms with E-state index in [0.29, 0.717) is 17.0 Å². The number of anilines is 1. The van der Waals surface area contributed by atoms with E-state index in [1.54, 1.807) is 13.1 Å². The molecule has 0 radical (unpaired) electrons. The van der Waals surface area contributed by atoms with E-state index in [4.69, 9.17) is 5.11 Å². The third kappa shape index (κ3) is 4.82. The largest absolute Gasteiger partial charge is 0.481 e. The molecule has 1 unspecified atom stereocenters. The molecule has 30 heavy (non-hydrogen) atoms. The van der Waals surface area contributed by atoms with Crippen molar-refractivity contribution in [2.45, 2.75) is 47.9 Å². The molecule has 0 bridgehead atoms. The molecule has 0 spiro atoms. The second-order valence-electron chi connectivity index (χ2n) is 7.38. The Kier molecular flexibility index (Phi) is 7.44. The van der Waals surface area contributed by atoms with Crippen LogP contribution in [0, 0.1) is 0 Å². The molecule has 162 valence electrons. The number of nitrogens with zero attached hydrogens (tertiary/aromatic N) is 1. The number of carboxylic acids is 1. The Morgan fingerprint density at radius 2 is 1.83 bits per heavy atom. The van der Waals surface area contributed by atoms with E-state index in [0.717, 1.165) is 41.8 Å². The van der Waals surface area contributed by atoms with Gasteiger partial charge in [0.15, 0.2) is 0 Å². The number of carboxylic acid groups (broad SMARTS) is 1. The van der Waals surface area contributed by atoms with Gasteiger partial charge in [0.25, 0.3) is 10.0 Å². The number of sulfonamides is 1. The molecule has 0 amide bonds. The van der Waals surface area contributed by atoms with Crippen LogP contribution in [0.15, 0.2) is 52.3 Å². The van der Waals surface area contributed by atoms with E-state index in [-0.39, 0.29) is 12.5 Å². The molecule has 0 aliphatic carbocycles. The SMILES string of the molecule is CSc1ccc2c(c1)S(=O)(=O)N(C)c1ccccc1C2NCCCCCCC(=O)O. The molecule has 2 aromatic carbocycles. The van der Waals surface area contributed by atoms with Crippen LogP contribution < -0.4 is 9.62 Å². The fourth-order valence-corrected chi connectivity index (χ4v) is 5.78. The van der Waals surface area contributed by atoms with Gasteiger partial charge in [-0.15, -0.1) is 11.8 Å². The summed E-state index contributed by atoms with van der Waals surface area (Å²) in [6.45, 7) is 0.722. The first-order chi connectivity index (χ1) is 14.4. The van der Waals surface area contributed by atoms with E-state index >= 15 is 0 Å². The lowest BCUT2D eigenvalue weighted by atomic mass is 9.96. The number of hydrogen-bond donors (Lipinski definition) is 2. The quantitative estimate of drug-likeness (QED) is 0.440. The van der Waals surface area contributed by atoms with Crippen molar-refractivity contribution in [3.63, 3.8) is 0 Å². The van der Waals surface area contributed by atoms with Gasteiger partial charge in [-0.05, 0) is 55.0 Å². The zero-order valence-corrected chi connectivity index (χ0v) is 18.9. The van der Waals surface area contributed by atoms with Crippen LogP contribution in [0.4, 0.5) is 5.69 Å². The summed E-state index contributed by atoms with van der Waals surface area (Å²) < 4.78 is 28.1. The number of rotatable bonds is 9. The molecule has 6 nitrogen and oxygen atoms in total. The van der Waals surface area contributed by atoms with Crippen molar-refractivity contribution in [3.8, 4) is 0 Å². The highest BCUT2D eigenvalue weighted by molar-refractivity contribution is 7.98. The molecule has 1 heterocycles. The van der Waals surface area contributed by atoms with Crippen LogP contribution in [0.1, 0.15) is 49.3 Å². The van der Waals surface area contributed by atoms with Gasteiger partial charge in [0.1, 0.15) is 0 Å². The zero-order valence-electron chi connectivity index (χ0n) is 17.3. The molecule has 0 saturated carbocycles. The fourth-order valence-electron chi connectivity index (χ4n) is 3.79. The van der Waals surface area contributed by atoms with Gasteiger partial charge >= 0.3 is 5.97 Å². The van der Waals surface area contributed by atoms with Crippen LogP contribution in [0.2, 0.25) is 0 Å². The molecule has 1 atom stereocenters. The van der Waals surface area contributed by atoms with Crippen molar-refractivity contribution in [2.24, 2.45) is 0 Å². The summed E-state index contributed by atoms with van der Waals surface area (Å²) in [4.78, 5) is 11.9. The first kappa shape index (κ1) is 22.7. The van der Waals surface area contributed by atoms with Crippen molar-refractivity contribution >= 4 is 33.4 Å². The number of hydrogen-bond acceptors (Lipinski definition) is 5. The van der Waals surface area contributed by atoms with E-state index < -0.39 is 16.0 Å². The molecule has 0 fully saturated rings. The Morgan fingerprint density at radius 1 is 1.10 bits per heavy atom. The first-order valence-corrected chi connectivity index (χ1v) is 12.7. The van der Waals surface area contributed by atoms with Crippen LogP contribution in [0.3, 0.4) is 0 Å². The number of unbranched alkanes of at least 4 members (excludes halogenated alkanes) is 3. The van der Waals surface area contributed by atoms with E-state index in [1.807, 2.05) is 42.7 Å². The smallest absolute Gasteiger partial charge is 0.303 e. The Hall–Kier alpha value is -2.03. The Labute approximate surface area is 182 Å². The highest BCUT2D eigenvalue weighted by Crippen LogP contribution is 2.41. The van der Waals surface area contributed by atoms with E-state index in [9.17, 15) is 13.2 Å². The van der Waals surface area contributed by atoms with Gasteiger partial charge in [0.05, 0.1) is 16.6 Å². The Balaban J connectivity index is 1.87. The molecule has 0 aromatic heterocycles. The van der Waals surface area contributed by atoms with Crippen LogP contribution in [0.5, 0.6) is 0 Å². The predicted octanol–water partition coefficient (Wildman–Crippen LogP) is 4.26. The summed E-state index contributed by atoms with van der Waals surface area (Å²) in [6, 6.07) is 13.0. The maximum Gasteiger partial charge on any atom is 0.303 e. The number of carbonyl (C=O) groups is 1. The summed E-state index contributed by atoms with van der Waals surface area (Å²) in [7, 11) is -2.06. The maximum atomic E-state index is 13.3. The Morgan fingerprint density at radius 3 is 2.57 bits per heavy atom. The average molecular weight is 449 g/mol. The van der Waals surface area contributed by atoms with Gasteiger partial charge in [-0.2, -0.15) is 0 Å². The normalized spacial score (nSPS) is 17.1. The molecule has 1 aliphatic heterocycles. The number of benzene rings is 2. The van der Waals surface area contributed by atoms with Crippen molar-refractivity contribution in [1.29, 1.82) is 0 Å². The number of thioether (sulfide) groups is 1.